The van der Waals surface area contributed by atoms with Crippen LogP contribution in [0.2, 0.25) is 0 Å². The number of imide groups is 1. The van der Waals surface area contributed by atoms with E-state index in [-0.39, 0.29) is 17.6 Å². The van der Waals surface area contributed by atoms with Crippen molar-refractivity contribution in [2.75, 3.05) is 13.6 Å². The molecule has 0 atom stereocenters. The van der Waals surface area contributed by atoms with Crippen LogP contribution < -0.4 is 0 Å². The Labute approximate surface area is 184 Å². The van der Waals surface area contributed by atoms with Crippen molar-refractivity contribution >= 4 is 17.4 Å². The summed E-state index contributed by atoms with van der Waals surface area (Å²) in [4.78, 5) is 29.7. The van der Waals surface area contributed by atoms with Crippen molar-refractivity contribution in [2.45, 2.75) is 52.0 Å². The van der Waals surface area contributed by atoms with Gasteiger partial charge in [0.15, 0.2) is 0 Å². The van der Waals surface area contributed by atoms with Gasteiger partial charge in [0.2, 0.25) is 0 Å². The van der Waals surface area contributed by atoms with Gasteiger partial charge in [-0.1, -0.05) is 81.5 Å². The van der Waals surface area contributed by atoms with E-state index in [0.29, 0.717) is 29.9 Å². The number of hydrogen-bond donors (Lipinski definition) is 0. The van der Waals surface area contributed by atoms with Gasteiger partial charge in [-0.3, -0.25) is 14.5 Å². The summed E-state index contributed by atoms with van der Waals surface area (Å²) in [5.41, 5.74) is 2.35. The molecule has 0 unspecified atom stereocenters. The lowest BCUT2D eigenvalue weighted by molar-refractivity contribution is -0.137. The predicted octanol–water partition coefficient (Wildman–Crippen LogP) is 5.40. The second-order valence-electron chi connectivity index (χ2n) is 8.10. The standard InChI is InChI=1S/C26H31FN2O2/c1-3-4-5-6-7-11-18-29-25(30)23(21-14-16-22(27)17-15-21)24(26(29)31)28(2)19-20-12-9-8-10-13-20/h8-10,12-17H,3-7,11,18-19H2,1-2H3. The molecular weight excluding hydrogens is 391 g/mol. The number of hydrogen-bond acceptors (Lipinski definition) is 3. The van der Waals surface area contributed by atoms with Gasteiger partial charge >= 0.3 is 0 Å². The molecule has 2 aromatic carbocycles. The van der Waals surface area contributed by atoms with Gasteiger partial charge in [-0.15, -0.1) is 0 Å². The van der Waals surface area contributed by atoms with Crippen molar-refractivity contribution in [3.63, 3.8) is 0 Å². The van der Waals surface area contributed by atoms with Crippen molar-refractivity contribution in [1.82, 2.24) is 9.80 Å². The van der Waals surface area contributed by atoms with Crippen LogP contribution in [0.15, 0.2) is 60.3 Å². The van der Waals surface area contributed by atoms with E-state index in [1.165, 1.54) is 36.3 Å². The lowest BCUT2D eigenvalue weighted by Gasteiger charge is -2.21. The fourth-order valence-electron chi connectivity index (χ4n) is 3.98. The molecule has 2 aromatic rings. The second kappa shape index (κ2) is 10.9. The predicted molar refractivity (Wildman–Crippen MR) is 121 cm³/mol. The van der Waals surface area contributed by atoms with E-state index in [9.17, 15) is 14.0 Å². The molecule has 1 aliphatic rings. The molecule has 5 heteroatoms. The highest BCUT2D eigenvalue weighted by Gasteiger charge is 2.40. The Hall–Kier alpha value is -2.95. The zero-order chi connectivity index (χ0) is 22.2. The van der Waals surface area contributed by atoms with E-state index >= 15 is 0 Å². The minimum atomic E-state index is -0.371. The molecule has 164 valence electrons. The normalized spacial score (nSPS) is 14.0. The zero-order valence-electron chi connectivity index (χ0n) is 18.4. The summed E-state index contributed by atoms with van der Waals surface area (Å²) < 4.78 is 13.5. The van der Waals surface area contributed by atoms with Crippen molar-refractivity contribution in [2.24, 2.45) is 0 Å². The lowest BCUT2D eigenvalue weighted by atomic mass is 10.0. The van der Waals surface area contributed by atoms with Gasteiger partial charge in [0.25, 0.3) is 11.8 Å². The molecule has 4 nitrogen and oxygen atoms in total. The largest absolute Gasteiger partial charge is 0.365 e. The molecule has 0 bridgehead atoms. The Balaban J connectivity index is 1.82. The van der Waals surface area contributed by atoms with Crippen LogP contribution in [0, 0.1) is 5.82 Å². The van der Waals surface area contributed by atoms with Crippen LogP contribution in [0.1, 0.15) is 56.6 Å². The highest BCUT2D eigenvalue weighted by atomic mass is 19.1. The number of rotatable bonds is 11. The summed E-state index contributed by atoms with van der Waals surface area (Å²) in [5.74, 6) is -0.930. The van der Waals surface area contributed by atoms with E-state index < -0.39 is 0 Å². The molecule has 0 saturated carbocycles. The molecule has 0 radical (unpaired) electrons. The Morgan fingerprint density at radius 1 is 0.839 bits per heavy atom. The lowest BCUT2D eigenvalue weighted by Crippen LogP contribution is -2.34. The number of nitrogens with zero attached hydrogens (tertiary/aromatic N) is 2. The fourth-order valence-corrected chi connectivity index (χ4v) is 3.98. The summed E-state index contributed by atoms with van der Waals surface area (Å²) in [6.45, 7) is 3.10. The summed E-state index contributed by atoms with van der Waals surface area (Å²) in [6, 6.07) is 15.6. The van der Waals surface area contributed by atoms with Gasteiger partial charge in [0.1, 0.15) is 11.5 Å². The van der Waals surface area contributed by atoms with Crippen molar-refractivity contribution in [3.8, 4) is 0 Å². The molecule has 0 N–H and O–H groups in total. The van der Waals surface area contributed by atoms with Crippen LogP contribution in [0.3, 0.4) is 0 Å². The van der Waals surface area contributed by atoms with Crippen molar-refractivity contribution in [3.05, 3.63) is 77.2 Å². The van der Waals surface area contributed by atoms with Crippen LogP contribution in [-0.4, -0.2) is 35.2 Å². The maximum atomic E-state index is 13.5. The minimum Gasteiger partial charge on any atom is -0.365 e. The SMILES string of the molecule is CCCCCCCCN1C(=O)C(c2ccc(F)cc2)=C(N(C)Cc2ccccc2)C1=O. The number of carbonyl (C=O) groups excluding carboxylic acids is 2. The van der Waals surface area contributed by atoms with Crippen molar-refractivity contribution < 1.29 is 14.0 Å². The molecule has 0 aliphatic carbocycles. The number of benzene rings is 2. The first-order chi connectivity index (χ1) is 15.0. The number of likely N-dealkylation sites (N-methyl/N-ethyl adjacent to an activating group) is 1. The molecule has 0 aromatic heterocycles. The average Bonchev–Trinajstić information content (AvgIpc) is 3.02. The van der Waals surface area contributed by atoms with Crippen LogP contribution in [0.4, 0.5) is 4.39 Å². The number of carbonyl (C=O) groups is 2. The Kier molecular flexibility index (Phi) is 7.99. The van der Waals surface area contributed by atoms with Gasteiger partial charge < -0.3 is 4.90 Å². The van der Waals surface area contributed by atoms with Crippen LogP contribution >= 0.6 is 0 Å². The number of unbranched alkanes of at least 4 members (excludes halogenated alkanes) is 5. The van der Waals surface area contributed by atoms with Gasteiger partial charge in [0.05, 0.1) is 5.57 Å². The second-order valence-corrected chi connectivity index (χ2v) is 8.10. The van der Waals surface area contributed by atoms with E-state index in [1.54, 1.807) is 12.1 Å². The smallest absolute Gasteiger partial charge is 0.277 e. The summed E-state index contributed by atoms with van der Waals surface area (Å²) in [5, 5.41) is 0. The third-order valence-electron chi connectivity index (χ3n) is 5.66. The minimum absolute atomic E-state index is 0.267. The molecule has 31 heavy (non-hydrogen) atoms. The van der Waals surface area contributed by atoms with E-state index in [4.69, 9.17) is 0 Å². The van der Waals surface area contributed by atoms with Gasteiger partial charge in [0, 0.05) is 20.1 Å². The van der Waals surface area contributed by atoms with Crippen LogP contribution in [-0.2, 0) is 16.1 Å². The molecule has 0 spiro atoms. The average molecular weight is 423 g/mol. The third-order valence-corrected chi connectivity index (χ3v) is 5.66. The fraction of sp³-hybridized carbons (Fsp3) is 0.385. The highest BCUT2D eigenvalue weighted by Crippen LogP contribution is 2.32. The van der Waals surface area contributed by atoms with Gasteiger partial charge in [-0.25, -0.2) is 4.39 Å². The zero-order valence-corrected chi connectivity index (χ0v) is 18.4. The molecular formula is C26H31FN2O2. The first-order valence-electron chi connectivity index (χ1n) is 11.1. The van der Waals surface area contributed by atoms with Crippen LogP contribution in [0.5, 0.6) is 0 Å². The summed E-state index contributed by atoms with van der Waals surface area (Å²) >= 11 is 0. The third kappa shape index (κ3) is 5.60. The Morgan fingerprint density at radius 3 is 2.16 bits per heavy atom. The summed E-state index contributed by atoms with van der Waals surface area (Å²) in [7, 11) is 1.82. The van der Waals surface area contributed by atoms with Gasteiger partial charge in [-0.2, -0.15) is 0 Å². The summed E-state index contributed by atoms with van der Waals surface area (Å²) in [6.07, 6.45) is 6.49. The monoisotopic (exact) mass is 422 g/mol. The number of amides is 2. The first kappa shape index (κ1) is 22.7. The first-order valence-corrected chi connectivity index (χ1v) is 11.1. The maximum absolute atomic E-state index is 13.5. The van der Waals surface area contributed by atoms with Crippen LogP contribution in [0.25, 0.3) is 5.57 Å². The molecule has 1 aliphatic heterocycles. The quantitative estimate of drug-likeness (QED) is 0.360. The topological polar surface area (TPSA) is 40.6 Å². The number of halogens is 1. The highest BCUT2D eigenvalue weighted by molar-refractivity contribution is 6.35. The van der Waals surface area contributed by atoms with Crippen molar-refractivity contribution in [1.29, 1.82) is 0 Å². The molecule has 3 rings (SSSR count). The molecule has 2 amide bonds. The Bertz CT molecular complexity index is 922. The van der Waals surface area contributed by atoms with E-state index in [1.807, 2.05) is 42.3 Å². The molecule has 0 fully saturated rings. The molecule has 1 heterocycles. The Morgan fingerprint density at radius 2 is 1.48 bits per heavy atom. The van der Waals surface area contributed by atoms with E-state index in [0.717, 1.165) is 24.8 Å². The molecule has 0 saturated heterocycles. The van der Waals surface area contributed by atoms with Gasteiger partial charge in [-0.05, 0) is 29.7 Å². The van der Waals surface area contributed by atoms with E-state index in [2.05, 4.69) is 6.92 Å². The maximum Gasteiger partial charge on any atom is 0.277 e.